The number of thiazole rings is 1. The predicted octanol–water partition coefficient (Wildman–Crippen LogP) is 5.02. The maximum Gasteiger partial charge on any atom is 0.338 e. The number of carbonyl (C=O) groups is 2. The van der Waals surface area contributed by atoms with Gasteiger partial charge in [0.25, 0.3) is 11.5 Å². The Bertz CT molecular complexity index is 1940. The van der Waals surface area contributed by atoms with Crippen molar-refractivity contribution >= 4 is 57.7 Å². The average molecular weight is 605 g/mol. The van der Waals surface area contributed by atoms with E-state index in [1.165, 1.54) is 4.57 Å². The summed E-state index contributed by atoms with van der Waals surface area (Å²) in [7, 11) is 0. The summed E-state index contributed by atoms with van der Waals surface area (Å²) in [5.74, 6) is -0.861. The van der Waals surface area contributed by atoms with Crippen molar-refractivity contribution in [2.45, 2.75) is 26.4 Å². The fourth-order valence-electron chi connectivity index (χ4n) is 5.26. The zero-order valence-electron chi connectivity index (χ0n) is 22.1. The van der Waals surface area contributed by atoms with Gasteiger partial charge in [-0.15, -0.1) is 0 Å². The molecule has 0 bridgehead atoms. The summed E-state index contributed by atoms with van der Waals surface area (Å²) in [6.07, 6.45) is 0. The summed E-state index contributed by atoms with van der Waals surface area (Å²) in [5.41, 5.74) is 3.39. The first kappa shape index (κ1) is 27.2. The first-order valence-electron chi connectivity index (χ1n) is 12.9. The van der Waals surface area contributed by atoms with E-state index in [0.717, 1.165) is 16.9 Å². The summed E-state index contributed by atoms with van der Waals surface area (Å²) in [6.45, 7) is 3.86. The number of allylic oxidation sites excluding steroid dienone is 1. The Morgan fingerprint density at radius 3 is 2.44 bits per heavy atom. The van der Waals surface area contributed by atoms with Crippen LogP contribution in [-0.2, 0) is 20.9 Å². The standard InChI is InChI=1S/C31H23Cl2N3O4S/c1-3-40-30(39)24-17(2)34-31-36(26(24)18-12-14-20(32)15-13-18)29(38)27(41-31)25-21-9-5-7-11-23(21)35(28(25)37)16-19-8-4-6-10-22(19)33/h4-15,26H,3,16H2,1-2H3/b27-25+/t26-/m0/s1. The van der Waals surface area contributed by atoms with Crippen LogP contribution < -0.4 is 19.8 Å². The molecule has 0 fully saturated rings. The van der Waals surface area contributed by atoms with Gasteiger partial charge in [0, 0.05) is 15.6 Å². The number of hydrogen-bond donors (Lipinski definition) is 0. The maximum absolute atomic E-state index is 14.3. The first-order valence-corrected chi connectivity index (χ1v) is 14.5. The van der Waals surface area contributed by atoms with Crippen LogP contribution in [0.15, 0.2) is 93.9 Å². The molecule has 0 saturated carbocycles. The molecule has 7 nitrogen and oxygen atoms in total. The second kappa shape index (κ2) is 10.8. The van der Waals surface area contributed by atoms with E-state index in [2.05, 4.69) is 4.99 Å². The largest absolute Gasteiger partial charge is 0.463 e. The zero-order chi connectivity index (χ0) is 28.8. The van der Waals surface area contributed by atoms with Crippen LogP contribution in [0.5, 0.6) is 0 Å². The molecular weight excluding hydrogens is 581 g/mol. The Hall–Kier alpha value is -3.98. The molecule has 0 radical (unpaired) electrons. The minimum absolute atomic E-state index is 0.171. The van der Waals surface area contributed by atoms with Crippen LogP contribution in [0.2, 0.25) is 10.0 Å². The van der Waals surface area contributed by atoms with Gasteiger partial charge in [0.1, 0.15) is 4.53 Å². The molecule has 0 spiro atoms. The van der Waals surface area contributed by atoms with Crippen LogP contribution in [0.1, 0.15) is 36.6 Å². The summed E-state index contributed by atoms with van der Waals surface area (Å²) in [5, 5.41) is 1.07. The van der Waals surface area contributed by atoms with Crippen molar-refractivity contribution in [3.63, 3.8) is 0 Å². The fraction of sp³-hybridized carbons (Fsp3) is 0.161. The molecule has 3 heterocycles. The van der Waals surface area contributed by atoms with E-state index in [-0.39, 0.29) is 29.2 Å². The summed E-state index contributed by atoms with van der Waals surface area (Å²) in [4.78, 5) is 48.1. The Morgan fingerprint density at radius 1 is 1.00 bits per heavy atom. The van der Waals surface area contributed by atoms with Gasteiger partial charge < -0.3 is 9.64 Å². The third kappa shape index (κ3) is 4.62. The van der Waals surface area contributed by atoms with Crippen LogP contribution in [0.25, 0.3) is 5.57 Å². The minimum Gasteiger partial charge on any atom is -0.463 e. The van der Waals surface area contributed by atoms with Crippen LogP contribution in [0.4, 0.5) is 5.69 Å². The van der Waals surface area contributed by atoms with Crippen LogP contribution in [0.3, 0.4) is 0 Å². The summed E-state index contributed by atoms with van der Waals surface area (Å²) < 4.78 is 7.09. The molecule has 3 aromatic carbocycles. The highest BCUT2D eigenvalue weighted by molar-refractivity contribution is 7.07. The number of anilines is 1. The Morgan fingerprint density at radius 2 is 1.71 bits per heavy atom. The van der Waals surface area contributed by atoms with Gasteiger partial charge in [0.2, 0.25) is 0 Å². The van der Waals surface area contributed by atoms with Crippen molar-refractivity contribution in [1.29, 1.82) is 0 Å². The number of benzene rings is 3. The van der Waals surface area contributed by atoms with E-state index < -0.39 is 17.6 Å². The van der Waals surface area contributed by atoms with E-state index in [0.29, 0.717) is 42.9 Å². The quantitative estimate of drug-likeness (QED) is 0.300. The minimum atomic E-state index is -0.803. The maximum atomic E-state index is 14.3. The Balaban J connectivity index is 1.58. The van der Waals surface area contributed by atoms with Crippen molar-refractivity contribution in [2.75, 3.05) is 11.5 Å². The molecule has 0 saturated heterocycles. The highest BCUT2D eigenvalue weighted by Gasteiger charge is 2.37. The van der Waals surface area contributed by atoms with Gasteiger partial charge in [-0.2, -0.15) is 0 Å². The van der Waals surface area contributed by atoms with E-state index in [9.17, 15) is 14.4 Å². The molecule has 1 aromatic heterocycles. The topological polar surface area (TPSA) is 81.0 Å². The third-order valence-electron chi connectivity index (χ3n) is 7.11. The third-order valence-corrected chi connectivity index (χ3v) is 8.79. The zero-order valence-corrected chi connectivity index (χ0v) is 24.4. The van der Waals surface area contributed by atoms with Crippen LogP contribution >= 0.6 is 34.5 Å². The molecule has 0 aliphatic carbocycles. The predicted molar refractivity (Wildman–Crippen MR) is 160 cm³/mol. The highest BCUT2D eigenvalue weighted by atomic mass is 35.5. The van der Waals surface area contributed by atoms with Crippen molar-refractivity contribution in [2.24, 2.45) is 4.99 Å². The molecule has 41 heavy (non-hydrogen) atoms. The number of amides is 1. The lowest BCUT2D eigenvalue weighted by molar-refractivity contribution is -0.139. The normalized spacial score (nSPS) is 17.3. The van der Waals surface area contributed by atoms with Crippen molar-refractivity contribution in [1.82, 2.24) is 4.57 Å². The second-order valence-electron chi connectivity index (χ2n) is 9.55. The fourth-order valence-corrected chi connectivity index (χ4v) is 6.71. The van der Waals surface area contributed by atoms with Gasteiger partial charge in [-0.1, -0.05) is 83.1 Å². The average Bonchev–Trinajstić information content (AvgIpc) is 3.42. The number of esters is 1. The molecule has 4 aromatic rings. The monoisotopic (exact) mass is 603 g/mol. The van der Waals surface area contributed by atoms with E-state index in [4.69, 9.17) is 27.9 Å². The van der Waals surface area contributed by atoms with E-state index in [1.807, 2.05) is 42.5 Å². The number of rotatable bonds is 5. The molecule has 206 valence electrons. The Labute approximate surface area is 249 Å². The Kier molecular flexibility index (Phi) is 7.15. The number of halogens is 2. The summed E-state index contributed by atoms with van der Waals surface area (Å²) in [6, 6.07) is 20.9. The van der Waals surface area contributed by atoms with Crippen LogP contribution in [-0.4, -0.2) is 23.1 Å². The van der Waals surface area contributed by atoms with Crippen molar-refractivity contribution in [3.05, 3.63) is 130 Å². The molecule has 1 amide bonds. The smallest absolute Gasteiger partial charge is 0.338 e. The van der Waals surface area contributed by atoms with Gasteiger partial charge >= 0.3 is 5.97 Å². The molecule has 0 N–H and O–H groups in total. The first-order chi connectivity index (χ1) is 19.8. The van der Waals surface area contributed by atoms with Gasteiger partial charge in [-0.05, 0) is 49.2 Å². The molecule has 2 aliphatic heterocycles. The lowest BCUT2D eigenvalue weighted by atomic mass is 9.96. The number of para-hydroxylation sites is 1. The molecule has 0 unspecified atom stereocenters. The number of carbonyl (C=O) groups excluding carboxylic acids is 2. The molecule has 2 aliphatic rings. The molecular formula is C31H23Cl2N3O4S. The molecule has 10 heteroatoms. The summed E-state index contributed by atoms with van der Waals surface area (Å²) >= 11 is 13.7. The number of ether oxygens (including phenoxy) is 1. The highest BCUT2D eigenvalue weighted by Crippen LogP contribution is 2.37. The lowest BCUT2D eigenvalue weighted by Crippen LogP contribution is -2.41. The van der Waals surface area contributed by atoms with Gasteiger partial charge in [-0.3, -0.25) is 14.2 Å². The van der Waals surface area contributed by atoms with E-state index >= 15 is 0 Å². The van der Waals surface area contributed by atoms with Gasteiger partial charge in [-0.25, -0.2) is 9.79 Å². The van der Waals surface area contributed by atoms with Gasteiger partial charge in [0.05, 0.1) is 41.7 Å². The number of hydrogen-bond acceptors (Lipinski definition) is 6. The van der Waals surface area contributed by atoms with Crippen molar-refractivity contribution < 1.29 is 14.3 Å². The number of aromatic nitrogens is 1. The molecule has 6 rings (SSSR count). The molecule has 1 atom stereocenters. The lowest BCUT2D eigenvalue weighted by Gasteiger charge is -2.24. The van der Waals surface area contributed by atoms with E-state index in [1.54, 1.807) is 49.1 Å². The SMILES string of the molecule is CCOC(=O)C1=C(C)N=c2s/c(=C3/C(=O)N(Cc4ccccc4Cl)c4ccccc43)c(=O)n2[C@H]1c1ccc(Cl)cc1. The van der Waals surface area contributed by atoms with Crippen molar-refractivity contribution in [3.8, 4) is 0 Å². The number of nitrogens with zero attached hydrogens (tertiary/aromatic N) is 3. The number of fused-ring (bicyclic) bond motifs is 2. The second-order valence-corrected chi connectivity index (χ2v) is 11.4. The van der Waals surface area contributed by atoms with Crippen LogP contribution in [0, 0.1) is 0 Å². The van der Waals surface area contributed by atoms with Gasteiger partial charge in [0.15, 0.2) is 4.80 Å².